The predicted octanol–water partition coefficient (Wildman–Crippen LogP) is 5.46. The average molecular weight is 793 g/mol. The molecule has 1 saturated heterocycles. The van der Waals surface area contributed by atoms with E-state index in [0.29, 0.717) is 54.0 Å². The van der Waals surface area contributed by atoms with Crippen molar-refractivity contribution in [1.82, 2.24) is 45.9 Å². The average Bonchev–Trinajstić information content (AvgIpc) is 3.69. The number of anilines is 1. The Bertz CT molecular complexity index is 1850. The summed E-state index contributed by atoms with van der Waals surface area (Å²) < 4.78 is 1.95. The highest BCUT2D eigenvalue weighted by atomic mass is 35.5. The minimum Gasteiger partial charge on any atom is -0.351 e. The fourth-order valence-electron chi connectivity index (χ4n) is 7.93. The van der Waals surface area contributed by atoms with Crippen molar-refractivity contribution in [3.05, 3.63) is 44.5 Å². The molecule has 5 heterocycles. The maximum atomic E-state index is 12.9. The number of halogens is 1. The van der Waals surface area contributed by atoms with Crippen LogP contribution in [-0.4, -0.2) is 79.6 Å². The van der Waals surface area contributed by atoms with E-state index in [1.807, 2.05) is 24.0 Å². The second kappa shape index (κ2) is 18.2. The number of fused-ring (bicyclic) bond motifs is 1. The normalized spacial score (nSPS) is 21.1. The molecule has 2 aliphatic carbocycles. The zero-order valence-electron chi connectivity index (χ0n) is 31.6. The summed E-state index contributed by atoms with van der Waals surface area (Å²) in [5.74, 6) is 0.482. The van der Waals surface area contributed by atoms with Crippen molar-refractivity contribution in [3.63, 3.8) is 0 Å². The summed E-state index contributed by atoms with van der Waals surface area (Å²) >= 11 is 7.92. The van der Waals surface area contributed by atoms with E-state index in [2.05, 4.69) is 36.7 Å². The SMILES string of the molecule is Cn1ncc(-c2nc(N[C@H]3CC[C@H](NCCCCCCCCNC(=O)NCc4cc5c(s4)C(=O)N(C4CCC(=O)NC4=O)C5)CC3)ncc2Cl)c1CC1CC1. The number of urea groups is 1. The van der Waals surface area contributed by atoms with Crippen LogP contribution in [0.2, 0.25) is 5.02 Å². The Labute approximate surface area is 331 Å². The number of piperidine rings is 1. The lowest BCUT2D eigenvalue weighted by molar-refractivity contribution is -0.136. The van der Waals surface area contributed by atoms with Gasteiger partial charge in [0.05, 0.1) is 34.5 Å². The number of unbranched alkanes of at least 4 members (excludes halogenated alkanes) is 5. The Balaban J connectivity index is 0.698. The Kier molecular flexibility index (Phi) is 13.0. The molecule has 3 aromatic heterocycles. The summed E-state index contributed by atoms with van der Waals surface area (Å²) in [7, 11) is 1.99. The second-order valence-electron chi connectivity index (χ2n) is 15.5. The smallest absolute Gasteiger partial charge is 0.315 e. The van der Waals surface area contributed by atoms with Crippen molar-refractivity contribution in [1.29, 1.82) is 0 Å². The number of hydrogen-bond donors (Lipinski definition) is 5. The zero-order valence-corrected chi connectivity index (χ0v) is 33.2. The molecule has 3 aromatic rings. The summed E-state index contributed by atoms with van der Waals surface area (Å²) in [6.07, 6.45) is 18.9. The van der Waals surface area contributed by atoms with Gasteiger partial charge in [0.25, 0.3) is 5.91 Å². The van der Waals surface area contributed by atoms with Crippen LogP contribution in [0.1, 0.15) is 116 Å². The van der Waals surface area contributed by atoms with Gasteiger partial charge in [-0.15, -0.1) is 11.3 Å². The van der Waals surface area contributed by atoms with Gasteiger partial charge in [-0.2, -0.15) is 5.10 Å². The second-order valence-corrected chi connectivity index (χ2v) is 17.1. The van der Waals surface area contributed by atoms with E-state index in [9.17, 15) is 19.2 Å². The molecular formula is C39H53ClN10O4S. The number of imide groups is 1. The molecule has 4 aliphatic rings. The van der Waals surface area contributed by atoms with Crippen LogP contribution in [0.3, 0.4) is 0 Å². The zero-order chi connectivity index (χ0) is 38.3. The first-order chi connectivity index (χ1) is 26.7. The van der Waals surface area contributed by atoms with Crippen LogP contribution in [-0.2, 0) is 36.1 Å². The Morgan fingerprint density at radius 1 is 0.945 bits per heavy atom. The molecule has 7 rings (SSSR count). The molecule has 0 aromatic carbocycles. The number of carbonyl (C=O) groups excluding carboxylic acids is 4. The lowest BCUT2D eigenvalue weighted by atomic mass is 9.91. The third-order valence-electron chi connectivity index (χ3n) is 11.3. The molecule has 0 bridgehead atoms. The molecule has 14 nitrogen and oxygen atoms in total. The molecule has 1 unspecified atom stereocenters. The minimum absolute atomic E-state index is 0.187. The predicted molar refractivity (Wildman–Crippen MR) is 212 cm³/mol. The third kappa shape index (κ3) is 10.2. The Hall–Kier alpha value is -4.08. The van der Waals surface area contributed by atoms with Crippen molar-refractivity contribution in [3.8, 4) is 11.3 Å². The minimum atomic E-state index is -0.615. The molecule has 0 radical (unpaired) electrons. The molecular weight excluding hydrogens is 740 g/mol. The van der Waals surface area contributed by atoms with Crippen molar-refractivity contribution < 1.29 is 19.2 Å². The molecule has 16 heteroatoms. The van der Waals surface area contributed by atoms with Gasteiger partial charge in [-0.1, -0.05) is 37.3 Å². The molecule has 2 aliphatic heterocycles. The van der Waals surface area contributed by atoms with E-state index in [0.717, 1.165) is 85.5 Å². The summed E-state index contributed by atoms with van der Waals surface area (Å²) in [6.45, 7) is 2.36. The summed E-state index contributed by atoms with van der Waals surface area (Å²) in [6, 6.07) is 1.99. The maximum absolute atomic E-state index is 12.9. The van der Waals surface area contributed by atoms with Crippen LogP contribution in [0.5, 0.6) is 0 Å². The third-order valence-corrected chi connectivity index (χ3v) is 12.7. The maximum Gasteiger partial charge on any atom is 0.315 e. The van der Waals surface area contributed by atoms with Crippen LogP contribution in [0.15, 0.2) is 18.5 Å². The lowest BCUT2D eigenvalue weighted by Crippen LogP contribution is -2.52. The monoisotopic (exact) mass is 792 g/mol. The molecule has 5 N–H and O–H groups in total. The van der Waals surface area contributed by atoms with Gasteiger partial charge in [0.2, 0.25) is 17.8 Å². The van der Waals surface area contributed by atoms with E-state index in [4.69, 9.17) is 16.6 Å². The highest BCUT2D eigenvalue weighted by Crippen LogP contribution is 2.37. The van der Waals surface area contributed by atoms with E-state index < -0.39 is 11.9 Å². The van der Waals surface area contributed by atoms with Crippen LogP contribution in [0.4, 0.5) is 10.7 Å². The highest BCUT2D eigenvalue weighted by Gasteiger charge is 2.40. The van der Waals surface area contributed by atoms with E-state index in [1.54, 1.807) is 11.1 Å². The van der Waals surface area contributed by atoms with E-state index >= 15 is 0 Å². The summed E-state index contributed by atoms with van der Waals surface area (Å²) in [5.41, 5.74) is 3.83. The Morgan fingerprint density at radius 3 is 2.44 bits per heavy atom. The topological polar surface area (TPSA) is 175 Å². The van der Waals surface area contributed by atoms with E-state index in [1.165, 1.54) is 49.1 Å². The standard InChI is InChI=1S/C39H53ClN10O4S/c1-49-32(18-24-8-9-24)29(21-45-49)34-30(40)22-43-38(48-34)46-27-12-10-26(11-13-27)41-16-6-4-2-3-5-7-17-42-39(54)44-20-28-19-25-23-50(37(53)35(25)55-28)31-14-15-33(51)47-36(31)52/h19,21-22,24,26-27,31,41H,2-18,20,23H2,1H3,(H2,42,44,54)(H,43,46,48)(H,47,51,52)/t26-,27-,31?. The summed E-state index contributed by atoms with van der Waals surface area (Å²) in [5, 5.41) is 20.5. The number of aromatic nitrogens is 4. The number of nitrogens with one attached hydrogen (secondary N) is 5. The van der Waals surface area contributed by atoms with Gasteiger partial charge in [0.1, 0.15) is 6.04 Å². The lowest BCUT2D eigenvalue weighted by Gasteiger charge is -2.30. The first kappa shape index (κ1) is 39.2. The number of carbonyl (C=O) groups is 4. The number of thiophene rings is 1. The number of nitrogens with zero attached hydrogens (tertiary/aromatic N) is 5. The number of amides is 5. The van der Waals surface area contributed by atoms with Crippen LogP contribution >= 0.6 is 22.9 Å². The molecule has 0 spiro atoms. The first-order valence-electron chi connectivity index (χ1n) is 20.0. The van der Waals surface area contributed by atoms with Crippen molar-refractivity contribution >= 4 is 52.6 Å². The van der Waals surface area contributed by atoms with Gasteiger partial charge >= 0.3 is 6.03 Å². The Morgan fingerprint density at radius 2 is 1.69 bits per heavy atom. The number of aryl methyl sites for hydroxylation is 1. The molecule has 5 amide bonds. The quantitative estimate of drug-likeness (QED) is 0.0828. The molecule has 2 saturated carbocycles. The van der Waals surface area contributed by atoms with Crippen molar-refractivity contribution in [2.24, 2.45) is 13.0 Å². The van der Waals surface area contributed by atoms with Crippen molar-refractivity contribution in [2.75, 3.05) is 18.4 Å². The van der Waals surface area contributed by atoms with Crippen molar-refractivity contribution in [2.45, 2.75) is 128 Å². The largest absolute Gasteiger partial charge is 0.351 e. The van der Waals surface area contributed by atoms with Gasteiger partial charge in [-0.3, -0.25) is 24.4 Å². The van der Waals surface area contributed by atoms with Crippen LogP contribution in [0, 0.1) is 5.92 Å². The van der Waals surface area contributed by atoms with Gasteiger partial charge in [0, 0.05) is 54.8 Å². The highest BCUT2D eigenvalue weighted by molar-refractivity contribution is 7.14. The number of hydrogen-bond acceptors (Lipinski definition) is 10. The molecule has 55 heavy (non-hydrogen) atoms. The van der Waals surface area contributed by atoms with E-state index in [-0.39, 0.29) is 24.3 Å². The van der Waals surface area contributed by atoms with Gasteiger partial charge in [-0.25, -0.2) is 14.8 Å². The molecule has 1 atom stereocenters. The van der Waals surface area contributed by atoms with Gasteiger partial charge in [-0.05, 0) is 88.3 Å². The first-order valence-corrected chi connectivity index (χ1v) is 21.2. The van der Waals surface area contributed by atoms with Gasteiger partial charge < -0.3 is 26.2 Å². The molecule has 296 valence electrons. The molecule has 3 fully saturated rings. The van der Waals surface area contributed by atoms with Crippen LogP contribution < -0.4 is 26.6 Å². The van der Waals surface area contributed by atoms with Crippen LogP contribution in [0.25, 0.3) is 11.3 Å². The van der Waals surface area contributed by atoms with Gasteiger partial charge in [0.15, 0.2) is 0 Å². The fraction of sp³-hybridized carbons (Fsp3) is 0.615. The number of rotatable bonds is 18. The fourth-order valence-corrected chi connectivity index (χ4v) is 9.19. The summed E-state index contributed by atoms with van der Waals surface area (Å²) in [4.78, 5) is 61.3.